The van der Waals surface area contributed by atoms with Crippen molar-refractivity contribution in [2.24, 2.45) is 0 Å². The first-order valence-corrected chi connectivity index (χ1v) is 8.20. The van der Waals surface area contributed by atoms with E-state index < -0.39 is 24.0 Å². The van der Waals surface area contributed by atoms with Crippen LogP contribution in [0.25, 0.3) is 0 Å². The van der Waals surface area contributed by atoms with E-state index in [0.717, 1.165) is 5.56 Å². The number of rotatable bonds is 8. The number of carboxylic acid groups (broad SMARTS) is 1. The molecule has 136 valence electrons. The summed E-state index contributed by atoms with van der Waals surface area (Å²) in [5.41, 5.74) is 1.06. The predicted molar refractivity (Wildman–Crippen MR) is 94.0 cm³/mol. The number of esters is 2. The van der Waals surface area contributed by atoms with E-state index in [9.17, 15) is 14.4 Å². The minimum absolute atomic E-state index is 0.113. The normalized spacial score (nSPS) is 11.4. The molecule has 2 aromatic carbocycles. The van der Waals surface area contributed by atoms with Crippen LogP contribution in [0.2, 0.25) is 0 Å². The molecule has 1 atom stereocenters. The largest absolute Gasteiger partial charge is 0.481 e. The Bertz CT molecular complexity index is 769. The molecule has 0 bridgehead atoms. The summed E-state index contributed by atoms with van der Waals surface area (Å²) in [7, 11) is 0. The Morgan fingerprint density at radius 1 is 1.00 bits per heavy atom. The number of benzene rings is 2. The Kier molecular flexibility index (Phi) is 6.91. The zero-order valence-corrected chi connectivity index (χ0v) is 14.4. The molecule has 0 amide bonds. The molecule has 0 aliphatic heterocycles. The first kappa shape index (κ1) is 19.2. The van der Waals surface area contributed by atoms with Crippen LogP contribution in [-0.2, 0) is 20.7 Å². The summed E-state index contributed by atoms with van der Waals surface area (Å²) in [6, 6.07) is 15.6. The maximum absolute atomic E-state index is 12.5. The molecule has 2 aromatic rings. The second kappa shape index (κ2) is 9.36. The van der Waals surface area contributed by atoms with Crippen LogP contribution in [0, 0.1) is 0 Å². The highest BCUT2D eigenvalue weighted by Gasteiger charge is 2.21. The summed E-state index contributed by atoms with van der Waals surface area (Å²) < 4.78 is 10.6. The van der Waals surface area contributed by atoms with Gasteiger partial charge in [0.15, 0.2) is 0 Å². The third-order valence-corrected chi connectivity index (χ3v) is 3.62. The molecule has 2 rings (SSSR count). The van der Waals surface area contributed by atoms with Crippen LogP contribution in [0.4, 0.5) is 0 Å². The SMILES string of the molecule is CC(=O)Oc1ccccc1C(=O)OC(CCC(=O)O)Cc1ccccc1. The van der Waals surface area contributed by atoms with Gasteiger partial charge >= 0.3 is 17.9 Å². The van der Waals surface area contributed by atoms with Crippen LogP contribution < -0.4 is 4.74 Å². The molecule has 0 radical (unpaired) electrons. The standard InChI is InChI=1S/C20H20O6/c1-14(21)25-18-10-6-5-9-17(18)20(24)26-16(11-12-19(22)23)13-15-7-3-2-4-8-15/h2-10,16H,11-13H2,1H3,(H,22,23). The lowest BCUT2D eigenvalue weighted by atomic mass is 10.0. The summed E-state index contributed by atoms with van der Waals surface area (Å²) in [6.45, 7) is 1.24. The molecule has 0 heterocycles. The number of para-hydroxylation sites is 1. The van der Waals surface area contributed by atoms with E-state index in [1.165, 1.54) is 19.1 Å². The van der Waals surface area contributed by atoms with Crippen molar-refractivity contribution in [3.63, 3.8) is 0 Å². The number of carbonyl (C=O) groups excluding carboxylic acids is 2. The third kappa shape index (κ3) is 6.05. The summed E-state index contributed by atoms with van der Waals surface area (Å²) in [4.78, 5) is 34.6. The summed E-state index contributed by atoms with van der Waals surface area (Å²) in [5.74, 6) is -2.05. The van der Waals surface area contributed by atoms with Crippen LogP contribution in [0.15, 0.2) is 54.6 Å². The highest BCUT2D eigenvalue weighted by Crippen LogP contribution is 2.21. The van der Waals surface area contributed by atoms with Gasteiger partial charge in [-0.1, -0.05) is 42.5 Å². The molecule has 0 spiro atoms. The fourth-order valence-corrected chi connectivity index (χ4v) is 2.46. The van der Waals surface area contributed by atoms with Crippen molar-refractivity contribution < 1.29 is 29.0 Å². The highest BCUT2D eigenvalue weighted by molar-refractivity contribution is 5.93. The molecule has 1 unspecified atom stereocenters. The summed E-state index contributed by atoms with van der Waals surface area (Å²) in [5, 5.41) is 8.92. The van der Waals surface area contributed by atoms with Gasteiger partial charge in [-0.2, -0.15) is 0 Å². The van der Waals surface area contributed by atoms with Crippen molar-refractivity contribution in [1.82, 2.24) is 0 Å². The van der Waals surface area contributed by atoms with Gasteiger partial charge in [0.25, 0.3) is 0 Å². The summed E-state index contributed by atoms with van der Waals surface area (Å²) >= 11 is 0. The Hall–Kier alpha value is -3.15. The zero-order chi connectivity index (χ0) is 18.9. The van der Waals surface area contributed by atoms with Crippen LogP contribution in [0.5, 0.6) is 5.75 Å². The van der Waals surface area contributed by atoms with Gasteiger partial charge in [0.05, 0.1) is 0 Å². The van der Waals surface area contributed by atoms with E-state index in [-0.39, 0.29) is 24.2 Å². The lowest BCUT2D eigenvalue weighted by molar-refractivity contribution is -0.137. The monoisotopic (exact) mass is 356 g/mol. The maximum atomic E-state index is 12.5. The maximum Gasteiger partial charge on any atom is 0.342 e. The molecule has 26 heavy (non-hydrogen) atoms. The van der Waals surface area contributed by atoms with Crippen LogP contribution in [0.1, 0.15) is 35.7 Å². The molecule has 6 nitrogen and oxygen atoms in total. The van der Waals surface area contributed by atoms with Gasteiger partial charge in [-0.25, -0.2) is 4.79 Å². The molecule has 0 saturated heterocycles. The van der Waals surface area contributed by atoms with Gasteiger partial charge in [-0.15, -0.1) is 0 Å². The van der Waals surface area contributed by atoms with Crippen molar-refractivity contribution in [2.75, 3.05) is 0 Å². The average Bonchev–Trinajstić information content (AvgIpc) is 2.60. The summed E-state index contributed by atoms with van der Waals surface area (Å²) in [6.07, 6.45) is -0.135. The molecular formula is C20H20O6. The van der Waals surface area contributed by atoms with E-state index in [1.807, 2.05) is 30.3 Å². The molecule has 1 N–H and O–H groups in total. The Labute approximate surface area is 151 Å². The molecule has 0 fully saturated rings. The topological polar surface area (TPSA) is 89.9 Å². The quantitative estimate of drug-likeness (QED) is 0.577. The number of hydrogen-bond acceptors (Lipinski definition) is 5. The van der Waals surface area contributed by atoms with Gasteiger partial charge in [0, 0.05) is 19.8 Å². The van der Waals surface area contributed by atoms with Crippen molar-refractivity contribution in [1.29, 1.82) is 0 Å². The van der Waals surface area contributed by atoms with Gasteiger partial charge < -0.3 is 14.6 Å². The van der Waals surface area contributed by atoms with E-state index in [0.29, 0.717) is 6.42 Å². The van der Waals surface area contributed by atoms with Crippen LogP contribution >= 0.6 is 0 Å². The van der Waals surface area contributed by atoms with Crippen molar-refractivity contribution in [3.8, 4) is 5.75 Å². The third-order valence-electron chi connectivity index (χ3n) is 3.62. The highest BCUT2D eigenvalue weighted by atomic mass is 16.6. The van der Waals surface area contributed by atoms with Gasteiger partial charge in [-0.3, -0.25) is 9.59 Å². The van der Waals surface area contributed by atoms with Crippen LogP contribution in [0.3, 0.4) is 0 Å². The predicted octanol–water partition coefficient (Wildman–Crippen LogP) is 3.24. The lowest BCUT2D eigenvalue weighted by Crippen LogP contribution is -2.22. The molecular weight excluding hydrogens is 336 g/mol. The number of carboxylic acids is 1. The number of aliphatic carboxylic acids is 1. The van der Waals surface area contributed by atoms with Crippen molar-refractivity contribution >= 4 is 17.9 Å². The minimum atomic E-state index is -0.959. The van der Waals surface area contributed by atoms with Gasteiger partial charge in [-0.05, 0) is 24.1 Å². The van der Waals surface area contributed by atoms with Crippen LogP contribution in [-0.4, -0.2) is 29.1 Å². The molecule has 6 heteroatoms. The Morgan fingerprint density at radius 2 is 1.65 bits per heavy atom. The fourth-order valence-electron chi connectivity index (χ4n) is 2.46. The Balaban J connectivity index is 2.15. The first-order valence-electron chi connectivity index (χ1n) is 8.20. The number of hydrogen-bond donors (Lipinski definition) is 1. The van der Waals surface area contributed by atoms with E-state index in [2.05, 4.69) is 0 Å². The van der Waals surface area contributed by atoms with Gasteiger partial charge in [0.1, 0.15) is 17.4 Å². The number of ether oxygens (including phenoxy) is 2. The second-order valence-electron chi connectivity index (χ2n) is 5.74. The number of carbonyl (C=O) groups is 3. The van der Waals surface area contributed by atoms with Crippen molar-refractivity contribution in [2.45, 2.75) is 32.3 Å². The fraction of sp³-hybridized carbons (Fsp3) is 0.250. The van der Waals surface area contributed by atoms with Gasteiger partial charge in [0.2, 0.25) is 0 Å². The molecule has 0 aromatic heterocycles. The molecule has 0 aliphatic carbocycles. The van der Waals surface area contributed by atoms with E-state index in [4.69, 9.17) is 14.6 Å². The second-order valence-corrected chi connectivity index (χ2v) is 5.74. The average molecular weight is 356 g/mol. The molecule has 0 aliphatic rings. The zero-order valence-electron chi connectivity index (χ0n) is 14.4. The molecule has 0 saturated carbocycles. The Morgan fingerprint density at radius 3 is 2.31 bits per heavy atom. The lowest BCUT2D eigenvalue weighted by Gasteiger charge is -2.18. The van der Waals surface area contributed by atoms with Crippen molar-refractivity contribution in [3.05, 3.63) is 65.7 Å². The van der Waals surface area contributed by atoms with E-state index >= 15 is 0 Å². The van der Waals surface area contributed by atoms with E-state index in [1.54, 1.807) is 12.1 Å². The minimum Gasteiger partial charge on any atom is -0.481 e. The smallest absolute Gasteiger partial charge is 0.342 e. The first-order chi connectivity index (χ1) is 12.5.